The maximum Gasteiger partial charge on any atom is 0.119 e. The van der Waals surface area contributed by atoms with Crippen LogP contribution in [0.2, 0.25) is 0 Å². The van der Waals surface area contributed by atoms with Crippen molar-refractivity contribution in [2.75, 3.05) is 33.0 Å². The summed E-state index contributed by atoms with van der Waals surface area (Å²) in [5, 5.41) is 9.83. The van der Waals surface area contributed by atoms with Gasteiger partial charge in [-0.15, -0.1) is 6.42 Å². The van der Waals surface area contributed by atoms with E-state index >= 15 is 0 Å². The number of hydrogen-bond acceptors (Lipinski definition) is 5. The molecule has 2 aromatic rings. The molecule has 1 aliphatic heterocycles. The van der Waals surface area contributed by atoms with Crippen molar-refractivity contribution in [3.05, 3.63) is 59.7 Å². The van der Waals surface area contributed by atoms with E-state index in [0.717, 1.165) is 12.4 Å². The molecule has 0 amide bonds. The Bertz CT molecular complexity index is 801. The fourth-order valence-electron chi connectivity index (χ4n) is 2.95. The van der Waals surface area contributed by atoms with Crippen molar-refractivity contribution < 1.29 is 24.1 Å². The highest BCUT2D eigenvalue weighted by Crippen LogP contribution is 2.33. The first-order valence-electron chi connectivity index (χ1n) is 9.76. The zero-order valence-corrected chi connectivity index (χ0v) is 17.0. The summed E-state index contributed by atoms with van der Waals surface area (Å²) in [7, 11) is 0. The van der Waals surface area contributed by atoms with Gasteiger partial charge in [-0.05, 0) is 35.4 Å². The molecular formula is C24H28O5. The number of terminal acetylenes is 1. The number of hydrogen-bond donors (Lipinski definition) is 1. The highest BCUT2D eigenvalue weighted by atomic mass is 16.6. The Labute approximate surface area is 172 Å². The first-order chi connectivity index (χ1) is 14.0. The maximum absolute atomic E-state index is 9.83. The van der Waals surface area contributed by atoms with Crippen molar-refractivity contribution >= 4 is 0 Å². The summed E-state index contributed by atoms with van der Waals surface area (Å²) in [5.74, 6) is 3.92. The van der Waals surface area contributed by atoms with Crippen molar-refractivity contribution in [3.8, 4) is 23.8 Å². The van der Waals surface area contributed by atoms with Crippen LogP contribution in [0.25, 0.3) is 0 Å². The third kappa shape index (κ3) is 6.23. The van der Waals surface area contributed by atoms with Gasteiger partial charge in [0.15, 0.2) is 0 Å². The minimum atomic E-state index is -0.716. The van der Waals surface area contributed by atoms with Gasteiger partial charge in [0, 0.05) is 5.41 Å². The summed E-state index contributed by atoms with van der Waals surface area (Å²) in [5.41, 5.74) is 2.20. The lowest BCUT2D eigenvalue weighted by molar-refractivity contribution is 0.0229. The number of epoxide rings is 1. The second kappa shape index (κ2) is 9.80. The third-order valence-electron chi connectivity index (χ3n) is 4.93. The van der Waals surface area contributed by atoms with E-state index in [0.29, 0.717) is 12.4 Å². The van der Waals surface area contributed by atoms with Crippen LogP contribution in [0.5, 0.6) is 11.5 Å². The van der Waals surface area contributed by atoms with Gasteiger partial charge in [-0.1, -0.05) is 44.0 Å². The van der Waals surface area contributed by atoms with Crippen LogP contribution >= 0.6 is 0 Å². The van der Waals surface area contributed by atoms with E-state index in [-0.39, 0.29) is 31.3 Å². The molecule has 5 nitrogen and oxygen atoms in total. The van der Waals surface area contributed by atoms with Gasteiger partial charge in [0.25, 0.3) is 0 Å². The monoisotopic (exact) mass is 396 g/mol. The first kappa shape index (κ1) is 21.2. The Hall–Kier alpha value is -2.52. The van der Waals surface area contributed by atoms with Crippen molar-refractivity contribution in [1.29, 1.82) is 0 Å². The van der Waals surface area contributed by atoms with Crippen LogP contribution in [0.15, 0.2) is 48.5 Å². The highest BCUT2D eigenvalue weighted by molar-refractivity contribution is 5.41. The second-order valence-corrected chi connectivity index (χ2v) is 7.62. The van der Waals surface area contributed by atoms with E-state index in [1.54, 1.807) is 0 Å². The van der Waals surface area contributed by atoms with E-state index < -0.39 is 6.10 Å². The van der Waals surface area contributed by atoms with Gasteiger partial charge in [-0.2, -0.15) is 0 Å². The molecule has 0 spiro atoms. The van der Waals surface area contributed by atoms with E-state index in [2.05, 4.69) is 31.9 Å². The van der Waals surface area contributed by atoms with Crippen molar-refractivity contribution in [1.82, 2.24) is 0 Å². The average Bonchev–Trinajstić information content (AvgIpc) is 3.56. The number of rotatable bonds is 11. The van der Waals surface area contributed by atoms with Crippen LogP contribution < -0.4 is 9.47 Å². The van der Waals surface area contributed by atoms with Gasteiger partial charge in [0.05, 0.1) is 13.2 Å². The largest absolute Gasteiger partial charge is 0.491 e. The summed E-state index contributed by atoms with van der Waals surface area (Å²) in [6.45, 7) is 6.26. The Balaban J connectivity index is 1.55. The van der Waals surface area contributed by atoms with Crippen LogP contribution in [0, 0.1) is 12.3 Å². The van der Waals surface area contributed by atoms with Crippen molar-refractivity contribution in [2.24, 2.45) is 0 Å². The van der Waals surface area contributed by atoms with Crippen LogP contribution in [0.3, 0.4) is 0 Å². The van der Waals surface area contributed by atoms with E-state index in [4.69, 9.17) is 25.4 Å². The van der Waals surface area contributed by atoms with Gasteiger partial charge >= 0.3 is 0 Å². The minimum absolute atomic E-state index is 0.153. The van der Waals surface area contributed by atoms with Gasteiger partial charge in [-0.25, -0.2) is 0 Å². The first-order valence-corrected chi connectivity index (χ1v) is 9.76. The Morgan fingerprint density at radius 2 is 1.59 bits per heavy atom. The molecule has 1 saturated heterocycles. The molecule has 0 aromatic heterocycles. The Morgan fingerprint density at radius 3 is 2.10 bits per heavy atom. The highest BCUT2D eigenvalue weighted by Gasteiger charge is 2.24. The van der Waals surface area contributed by atoms with E-state index in [9.17, 15) is 5.11 Å². The third-order valence-corrected chi connectivity index (χ3v) is 4.93. The Morgan fingerprint density at radius 1 is 1.03 bits per heavy atom. The predicted octanol–water partition coefficient (Wildman–Crippen LogP) is 3.18. The summed E-state index contributed by atoms with van der Waals surface area (Å²) >= 11 is 0. The van der Waals surface area contributed by atoms with E-state index in [1.165, 1.54) is 11.1 Å². The molecule has 0 radical (unpaired) electrons. The number of benzene rings is 2. The number of aliphatic hydroxyl groups is 1. The van der Waals surface area contributed by atoms with Crippen LogP contribution in [-0.2, 0) is 14.9 Å². The zero-order chi connectivity index (χ0) is 20.7. The molecular weight excluding hydrogens is 368 g/mol. The molecule has 29 heavy (non-hydrogen) atoms. The zero-order valence-electron chi connectivity index (χ0n) is 17.0. The lowest BCUT2D eigenvalue weighted by Gasteiger charge is -2.26. The standard InChI is InChI=1S/C24H28O5/c1-4-13-26-14-20(25)15-27-21-9-5-18(6-10-21)24(2,3)19-7-11-22(12-8-19)28-16-23-17-29-23/h1,5-12,20,23,25H,13-17H2,2-3H3. The van der Waals surface area contributed by atoms with Gasteiger partial charge in [-0.3, -0.25) is 0 Å². The van der Waals surface area contributed by atoms with E-state index in [1.807, 2.05) is 36.4 Å². The smallest absolute Gasteiger partial charge is 0.119 e. The normalized spacial score (nSPS) is 16.7. The lowest BCUT2D eigenvalue weighted by atomic mass is 9.78. The summed E-state index contributed by atoms with van der Waals surface area (Å²) < 4.78 is 21.6. The summed E-state index contributed by atoms with van der Waals surface area (Å²) in [6.07, 6.45) is 4.64. The molecule has 0 aliphatic carbocycles. The van der Waals surface area contributed by atoms with Gasteiger partial charge in [0.1, 0.15) is 43.5 Å². The minimum Gasteiger partial charge on any atom is -0.491 e. The second-order valence-electron chi connectivity index (χ2n) is 7.62. The quantitative estimate of drug-likeness (QED) is 0.359. The van der Waals surface area contributed by atoms with Crippen molar-refractivity contribution in [2.45, 2.75) is 31.5 Å². The molecule has 1 fully saturated rings. The molecule has 1 heterocycles. The number of aliphatic hydroxyl groups excluding tert-OH is 1. The molecule has 3 rings (SSSR count). The van der Waals surface area contributed by atoms with Crippen molar-refractivity contribution in [3.63, 3.8) is 0 Å². The van der Waals surface area contributed by atoms with Gasteiger partial charge < -0.3 is 24.1 Å². The Kier molecular flexibility index (Phi) is 7.16. The fraction of sp³-hybridized carbons (Fsp3) is 0.417. The van der Waals surface area contributed by atoms with Gasteiger partial charge in [0.2, 0.25) is 0 Å². The molecule has 0 bridgehead atoms. The summed E-state index contributed by atoms with van der Waals surface area (Å²) in [6, 6.07) is 16.1. The molecule has 2 aromatic carbocycles. The molecule has 0 saturated carbocycles. The molecule has 5 heteroatoms. The molecule has 1 N–H and O–H groups in total. The fourth-order valence-corrected chi connectivity index (χ4v) is 2.95. The van der Waals surface area contributed by atoms with Crippen LogP contribution in [0.4, 0.5) is 0 Å². The SMILES string of the molecule is C#CCOCC(O)COc1ccc(C(C)(C)c2ccc(OCC3CO3)cc2)cc1. The lowest BCUT2D eigenvalue weighted by Crippen LogP contribution is -2.23. The molecule has 1 aliphatic rings. The predicted molar refractivity (Wildman–Crippen MR) is 111 cm³/mol. The van der Waals surface area contributed by atoms with Crippen LogP contribution in [0.1, 0.15) is 25.0 Å². The average molecular weight is 396 g/mol. The molecule has 154 valence electrons. The van der Waals surface area contributed by atoms with Crippen LogP contribution in [-0.4, -0.2) is 50.3 Å². The molecule has 2 atom stereocenters. The maximum atomic E-state index is 9.83. The number of ether oxygens (including phenoxy) is 4. The molecule has 2 unspecified atom stereocenters. The summed E-state index contributed by atoms with van der Waals surface area (Å²) in [4.78, 5) is 0. The topological polar surface area (TPSA) is 60.5 Å².